The molecule has 1 N–H and O–H groups in total. The molecule has 0 spiro atoms. The maximum absolute atomic E-state index is 10.6. The van der Waals surface area contributed by atoms with E-state index in [1.165, 1.54) is 24.0 Å². The smallest absolute Gasteiger partial charge is 0.337 e. The van der Waals surface area contributed by atoms with Gasteiger partial charge in [-0.1, -0.05) is 11.6 Å². The molecule has 0 bridgehead atoms. The summed E-state index contributed by atoms with van der Waals surface area (Å²) in [7, 11) is 0. The summed E-state index contributed by atoms with van der Waals surface area (Å²) in [5.41, 5.74) is 0.0935. The van der Waals surface area contributed by atoms with Crippen LogP contribution < -0.4 is 0 Å². The van der Waals surface area contributed by atoms with Gasteiger partial charge in [0.05, 0.1) is 10.6 Å². The Morgan fingerprint density at radius 3 is 2.92 bits per heavy atom. The summed E-state index contributed by atoms with van der Waals surface area (Å²) in [6, 6.07) is 1.38. The van der Waals surface area contributed by atoms with Crippen LogP contribution in [0.1, 0.15) is 10.4 Å². The lowest BCUT2D eigenvalue weighted by atomic mass is 10.3. The minimum Gasteiger partial charge on any atom is -0.478 e. The van der Waals surface area contributed by atoms with E-state index in [1.54, 1.807) is 6.26 Å². The van der Waals surface area contributed by atoms with E-state index in [4.69, 9.17) is 16.7 Å². The first kappa shape index (κ1) is 9.35. The van der Waals surface area contributed by atoms with E-state index in [1.807, 2.05) is 0 Å². The van der Waals surface area contributed by atoms with E-state index in [0.29, 0.717) is 5.03 Å². The molecule has 5 heteroatoms. The number of carbonyl (C=O) groups is 1. The molecule has 1 rings (SSSR count). The van der Waals surface area contributed by atoms with Crippen molar-refractivity contribution in [1.29, 1.82) is 0 Å². The molecule has 0 radical (unpaired) electrons. The maximum Gasteiger partial charge on any atom is 0.337 e. The number of aromatic carboxylic acids is 1. The molecular formula is C7H6ClNO2S. The summed E-state index contributed by atoms with van der Waals surface area (Å²) in [6.07, 6.45) is 3.22. The zero-order valence-corrected chi connectivity index (χ0v) is 7.82. The topological polar surface area (TPSA) is 50.2 Å². The van der Waals surface area contributed by atoms with Gasteiger partial charge in [0.2, 0.25) is 0 Å². The monoisotopic (exact) mass is 203 g/mol. The number of carboxylic acids is 1. The van der Waals surface area contributed by atoms with Crippen molar-refractivity contribution >= 4 is 29.3 Å². The van der Waals surface area contributed by atoms with E-state index < -0.39 is 5.97 Å². The molecule has 0 aliphatic heterocycles. The zero-order valence-electron chi connectivity index (χ0n) is 6.24. The molecule has 12 heavy (non-hydrogen) atoms. The van der Waals surface area contributed by atoms with Gasteiger partial charge >= 0.3 is 5.97 Å². The maximum atomic E-state index is 10.6. The molecule has 1 aromatic heterocycles. The number of halogens is 1. The molecule has 3 nitrogen and oxygen atoms in total. The van der Waals surface area contributed by atoms with Crippen molar-refractivity contribution in [2.75, 3.05) is 6.26 Å². The molecule has 0 aromatic carbocycles. The van der Waals surface area contributed by atoms with Crippen molar-refractivity contribution in [3.8, 4) is 0 Å². The minimum atomic E-state index is -1.03. The van der Waals surface area contributed by atoms with Gasteiger partial charge in [-0.3, -0.25) is 0 Å². The van der Waals surface area contributed by atoms with Crippen molar-refractivity contribution in [3.05, 3.63) is 22.8 Å². The van der Waals surface area contributed by atoms with Crippen LogP contribution in [-0.2, 0) is 0 Å². The third-order valence-corrected chi connectivity index (χ3v) is 2.47. The van der Waals surface area contributed by atoms with E-state index in [-0.39, 0.29) is 10.6 Å². The first-order valence-corrected chi connectivity index (χ1v) is 4.69. The van der Waals surface area contributed by atoms with Gasteiger partial charge in [-0.25, -0.2) is 9.78 Å². The molecule has 0 aliphatic rings. The molecule has 1 heterocycles. The van der Waals surface area contributed by atoms with Crippen LogP contribution in [0.2, 0.25) is 5.02 Å². The Hall–Kier alpha value is -0.740. The Labute approximate surface area is 78.8 Å². The lowest BCUT2D eigenvalue weighted by Gasteiger charge is -2.01. The highest BCUT2D eigenvalue weighted by Crippen LogP contribution is 2.25. The minimum absolute atomic E-state index is 0.0935. The Morgan fingerprint density at radius 1 is 1.75 bits per heavy atom. The lowest BCUT2D eigenvalue weighted by Crippen LogP contribution is -1.98. The van der Waals surface area contributed by atoms with E-state index in [0.717, 1.165) is 0 Å². The number of nitrogens with zero attached hydrogens (tertiary/aromatic N) is 1. The summed E-state index contributed by atoms with van der Waals surface area (Å²) >= 11 is 7.06. The number of rotatable bonds is 2. The van der Waals surface area contributed by atoms with Gasteiger partial charge in [-0.05, 0) is 12.3 Å². The van der Waals surface area contributed by atoms with E-state index in [9.17, 15) is 4.79 Å². The highest BCUT2D eigenvalue weighted by molar-refractivity contribution is 7.98. The predicted octanol–water partition coefficient (Wildman–Crippen LogP) is 2.16. The highest BCUT2D eigenvalue weighted by atomic mass is 35.5. The second-order valence-corrected chi connectivity index (χ2v) is 3.16. The zero-order chi connectivity index (χ0) is 9.14. The standard InChI is InChI=1S/C7H6ClNO2S/c1-12-6-5(8)4(7(10)11)2-3-9-6/h2-3H,1H3,(H,10,11). The number of aromatic nitrogens is 1. The van der Waals surface area contributed by atoms with Gasteiger partial charge in [-0.2, -0.15) is 0 Å². The summed E-state index contributed by atoms with van der Waals surface area (Å²) in [6.45, 7) is 0. The highest BCUT2D eigenvalue weighted by Gasteiger charge is 2.11. The fourth-order valence-electron chi connectivity index (χ4n) is 0.732. The fraction of sp³-hybridized carbons (Fsp3) is 0.143. The van der Waals surface area contributed by atoms with Crippen molar-refractivity contribution in [3.63, 3.8) is 0 Å². The first-order valence-electron chi connectivity index (χ1n) is 3.08. The quantitative estimate of drug-likeness (QED) is 0.749. The Kier molecular flexibility index (Phi) is 2.94. The Morgan fingerprint density at radius 2 is 2.42 bits per heavy atom. The summed E-state index contributed by atoms with van der Waals surface area (Å²) < 4.78 is 0. The largest absolute Gasteiger partial charge is 0.478 e. The van der Waals surface area contributed by atoms with E-state index in [2.05, 4.69) is 4.98 Å². The van der Waals surface area contributed by atoms with Crippen LogP contribution in [0.25, 0.3) is 0 Å². The second-order valence-electron chi connectivity index (χ2n) is 1.99. The van der Waals surface area contributed by atoms with Crippen LogP contribution in [-0.4, -0.2) is 22.3 Å². The number of thioether (sulfide) groups is 1. The molecule has 0 saturated heterocycles. The van der Waals surface area contributed by atoms with Crippen molar-refractivity contribution < 1.29 is 9.90 Å². The average molecular weight is 204 g/mol. The molecular weight excluding hydrogens is 198 g/mol. The van der Waals surface area contributed by atoms with Crippen LogP contribution in [0.3, 0.4) is 0 Å². The molecule has 0 atom stereocenters. The first-order chi connectivity index (χ1) is 5.66. The molecule has 0 saturated carbocycles. The lowest BCUT2D eigenvalue weighted by molar-refractivity contribution is 0.0696. The second kappa shape index (κ2) is 3.78. The van der Waals surface area contributed by atoms with Crippen molar-refractivity contribution in [2.45, 2.75) is 5.03 Å². The number of pyridine rings is 1. The van der Waals surface area contributed by atoms with E-state index >= 15 is 0 Å². The van der Waals surface area contributed by atoms with Gasteiger partial charge in [0.25, 0.3) is 0 Å². The number of hydrogen-bond acceptors (Lipinski definition) is 3. The molecule has 0 fully saturated rings. The van der Waals surface area contributed by atoms with Gasteiger partial charge < -0.3 is 5.11 Å². The summed E-state index contributed by atoms with van der Waals surface area (Å²) in [5, 5.41) is 9.41. The van der Waals surface area contributed by atoms with Gasteiger partial charge in [0.1, 0.15) is 5.03 Å². The van der Waals surface area contributed by atoms with Crippen LogP contribution >= 0.6 is 23.4 Å². The number of hydrogen-bond donors (Lipinski definition) is 1. The van der Waals surface area contributed by atoms with Gasteiger partial charge in [0, 0.05) is 6.20 Å². The SMILES string of the molecule is CSc1nccc(C(=O)O)c1Cl. The van der Waals surface area contributed by atoms with Crippen molar-refractivity contribution in [1.82, 2.24) is 4.98 Å². The van der Waals surface area contributed by atoms with Crippen LogP contribution in [0.5, 0.6) is 0 Å². The third kappa shape index (κ3) is 1.70. The van der Waals surface area contributed by atoms with Gasteiger partial charge in [-0.15, -0.1) is 11.8 Å². The molecule has 0 unspecified atom stereocenters. The number of carboxylic acid groups (broad SMARTS) is 1. The normalized spacial score (nSPS) is 9.83. The van der Waals surface area contributed by atoms with Crippen molar-refractivity contribution in [2.24, 2.45) is 0 Å². The average Bonchev–Trinajstić information content (AvgIpc) is 2.04. The fourth-order valence-corrected chi connectivity index (χ4v) is 1.61. The molecule has 1 aromatic rings. The summed E-state index contributed by atoms with van der Waals surface area (Å²) in [5.74, 6) is -1.03. The predicted molar refractivity (Wildman–Crippen MR) is 48.0 cm³/mol. The van der Waals surface area contributed by atoms with Gasteiger partial charge in [0.15, 0.2) is 0 Å². The molecule has 64 valence electrons. The van der Waals surface area contributed by atoms with Crippen LogP contribution in [0.15, 0.2) is 17.3 Å². The Bertz CT molecular complexity index is 316. The third-order valence-electron chi connectivity index (χ3n) is 1.28. The van der Waals surface area contributed by atoms with Crippen LogP contribution in [0, 0.1) is 0 Å². The molecule has 0 aliphatic carbocycles. The molecule has 0 amide bonds. The van der Waals surface area contributed by atoms with Crippen LogP contribution in [0.4, 0.5) is 0 Å². The Balaban J connectivity index is 3.23. The summed E-state index contributed by atoms with van der Waals surface area (Å²) in [4.78, 5) is 14.5.